The van der Waals surface area contributed by atoms with Crippen LogP contribution in [0, 0.1) is 18.7 Å². The van der Waals surface area contributed by atoms with E-state index in [0.717, 1.165) is 5.56 Å². The zero-order chi connectivity index (χ0) is 12.6. The lowest BCUT2D eigenvalue weighted by molar-refractivity contribution is 0.0785. The van der Waals surface area contributed by atoms with Crippen LogP contribution in [0.3, 0.4) is 0 Å². The third-order valence-corrected chi connectivity index (χ3v) is 3.39. The minimum atomic E-state index is -0.379. The predicted molar refractivity (Wildman–Crippen MR) is 64.2 cm³/mol. The molecular formula is C13H17FN2O. The Morgan fingerprint density at radius 2 is 2.18 bits per heavy atom. The molecule has 1 saturated heterocycles. The van der Waals surface area contributed by atoms with Crippen LogP contribution in [-0.4, -0.2) is 29.9 Å². The van der Waals surface area contributed by atoms with Gasteiger partial charge in [-0.25, -0.2) is 4.39 Å². The number of halogens is 1. The molecule has 1 amide bonds. The molecule has 3 nitrogen and oxygen atoms in total. The fourth-order valence-corrected chi connectivity index (χ4v) is 2.15. The number of hydrogen-bond acceptors (Lipinski definition) is 2. The molecule has 4 heteroatoms. The molecule has 0 bridgehead atoms. The van der Waals surface area contributed by atoms with Gasteiger partial charge in [0.1, 0.15) is 5.82 Å². The van der Waals surface area contributed by atoms with Crippen molar-refractivity contribution in [1.29, 1.82) is 0 Å². The fourth-order valence-electron chi connectivity index (χ4n) is 2.15. The molecule has 0 radical (unpaired) electrons. The van der Waals surface area contributed by atoms with E-state index in [-0.39, 0.29) is 17.8 Å². The van der Waals surface area contributed by atoms with Crippen molar-refractivity contribution in [3.8, 4) is 0 Å². The van der Waals surface area contributed by atoms with Gasteiger partial charge in [0, 0.05) is 24.7 Å². The topological polar surface area (TPSA) is 46.3 Å². The minimum Gasteiger partial charge on any atom is -0.337 e. The zero-order valence-corrected chi connectivity index (χ0v) is 10.1. The number of likely N-dealkylation sites (tertiary alicyclic amines) is 1. The second-order valence-electron chi connectivity index (χ2n) is 4.81. The Balaban J connectivity index is 2.23. The largest absolute Gasteiger partial charge is 0.337 e. The first-order valence-corrected chi connectivity index (χ1v) is 5.80. The summed E-state index contributed by atoms with van der Waals surface area (Å²) in [4.78, 5) is 13.9. The number of amides is 1. The van der Waals surface area contributed by atoms with Crippen molar-refractivity contribution in [2.24, 2.45) is 11.7 Å². The summed E-state index contributed by atoms with van der Waals surface area (Å²) < 4.78 is 13.2. The molecule has 1 aliphatic heterocycles. The summed E-state index contributed by atoms with van der Waals surface area (Å²) in [5.74, 6) is -0.204. The smallest absolute Gasteiger partial charge is 0.254 e. The van der Waals surface area contributed by atoms with Crippen LogP contribution >= 0.6 is 0 Å². The van der Waals surface area contributed by atoms with Crippen LogP contribution in [0.15, 0.2) is 18.2 Å². The highest BCUT2D eigenvalue weighted by molar-refractivity contribution is 5.95. The molecule has 2 N–H and O–H groups in total. The lowest BCUT2D eigenvalue weighted by Crippen LogP contribution is -2.32. The van der Waals surface area contributed by atoms with Crippen molar-refractivity contribution in [2.75, 3.05) is 13.1 Å². The van der Waals surface area contributed by atoms with E-state index < -0.39 is 0 Å². The number of nitrogens with two attached hydrogens (primary N) is 1. The first-order valence-electron chi connectivity index (χ1n) is 5.80. The second kappa shape index (κ2) is 4.45. The van der Waals surface area contributed by atoms with Gasteiger partial charge in [-0.2, -0.15) is 0 Å². The van der Waals surface area contributed by atoms with Crippen molar-refractivity contribution < 1.29 is 9.18 Å². The van der Waals surface area contributed by atoms with Gasteiger partial charge in [-0.1, -0.05) is 13.0 Å². The van der Waals surface area contributed by atoms with E-state index in [1.54, 1.807) is 11.0 Å². The third-order valence-electron chi connectivity index (χ3n) is 3.39. The van der Waals surface area contributed by atoms with Gasteiger partial charge in [0.15, 0.2) is 0 Å². The molecule has 0 spiro atoms. The highest BCUT2D eigenvalue weighted by Gasteiger charge is 2.30. The maximum absolute atomic E-state index is 13.2. The summed E-state index contributed by atoms with van der Waals surface area (Å²) in [6, 6.07) is 4.31. The van der Waals surface area contributed by atoms with Crippen molar-refractivity contribution in [1.82, 2.24) is 4.90 Å². The molecule has 0 aromatic heterocycles. The van der Waals surface area contributed by atoms with Crippen LogP contribution in [0.4, 0.5) is 4.39 Å². The van der Waals surface area contributed by atoms with Gasteiger partial charge in [0.05, 0.1) is 0 Å². The molecule has 0 saturated carbocycles. The van der Waals surface area contributed by atoms with Crippen molar-refractivity contribution in [2.45, 2.75) is 19.9 Å². The molecule has 1 heterocycles. The number of aryl methyl sites for hydroxylation is 1. The number of carbonyl (C=O) groups is 1. The van der Waals surface area contributed by atoms with E-state index in [1.807, 2.05) is 13.8 Å². The molecule has 1 aromatic rings. The summed E-state index contributed by atoms with van der Waals surface area (Å²) in [6.07, 6.45) is 0. The van der Waals surface area contributed by atoms with Gasteiger partial charge in [0.2, 0.25) is 0 Å². The Hall–Kier alpha value is -1.42. The van der Waals surface area contributed by atoms with Gasteiger partial charge < -0.3 is 10.6 Å². The van der Waals surface area contributed by atoms with Crippen LogP contribution in [0.2, 0.25) is 0 Å². The maximum Gasteiger partial charge on any atom is 0.254 e. The number of benzene rings is 1. The predicted octanol–water partition coefficient (Wildman–Crippen LogP) is 1.55. The van der Waals surface area contributed by atoms with E-state index in [1.165, 1.54) is 12.1 Å². The van der Waals surface area contributed by atoms with E-state index in [9.17, 15) is 9.18 Å². The average Bonchev–Trinajstić information content (AvgIpc) is 2.62. The Kier molecular flexibility index (Phi) is 3.15. The Bertz CT molecular complexity index is 437. The van der Waals surface area contributed by atoms with Crippen LogP contribution in [0.5, 0.6) is 0 Å². The Morgan fingerprint density at radius 1 is 1.47 bits per heavy atom. The molecule has 2 rings (SSSR count). The Morgan fingerprint density at radius 3 is 2.76 bits per heavy atom. The van der Waals surface area contributed by atoms with E-state index >= 15 is 0 Å². The Labute approximate surface area is 100 Å². The highest BCUT2D eigenvalue weighted by atomic mass is 19.1. The number of carbonyl (C=O) groups excluding carboxylic acids is 1. The number of nitrogens with zero attached hydrogens (tertiary/aromatic N) is 1. The van der Waals surface area contributed by atoms with Gasteiger partial charge in [-0.15, -0.1) is 0 Å². The summed E-state index contributed by atoms with van der Waals surface area (Å²) >= 11 is 0. The molecule has 1 aliphatic rings. The van der Waals surface area contributed by atoms with Crippen molar-refractivity contribution >= 4 is 5.91 Å². The molecule has 92 valence electrons. The lowest BCUT2D eigenvalue weighted by atomic mass is 10.1. The van der Waals surface area contributed by atoms with E-state index in [2.05, 4.69) is 0 Å². The van der Waals surface area contributed by atoms with Gasteiger partial charge in [-0.05, 0) is 30.5 Å². The SMILES string of the molecule is Cc1ccc(F)cc1C(=O)N1CC(C)C(N)C1. The van der Waals surface area contributed by atoms with E-state index in [4.69, 9.17) is 5.73 Å². The normalized spacial score (nSPS) is 24.1. The minimum absolute atomic E-state index is 0.0211. The molecule has 2 atom stereocenters. The highest BCUT2D eigenvalue weighted by Crippen LogP contribution is 2.19. The summed E-state index contributed by atoms with van der Waals surface area (Å²) in [5, 5.41) is 0. The summed E-state index contributed by atoms with van der Waals surface area (Å²) in [5.41, 5.74) is 7.12. The van der Waals surface area contributed by atoms with Crippen LogP contribution in [-0.2, 0) is 0 Å². The molecule has 1 aromatic carbocycles. The maximum atomic E-state index is 13.2. The molecule has 0 aliphatic carbocycles. The fraction of sp³-hybridized carbons (Fsp3) is 0.462. The molecule has 17 heavy (non-hydrogen) atoms. The van der Waals surface area contributed by atoms with Gasteiger partial charge in [0.25, 0.3) is 5.91 Å². The molecule has 1 fully saturated rings. The third kappa shape index (κ3) is 2.31. The summed E-state index contributed by atoms with van der Waals surface area (Å²) in [6.45, 7) is 5.04. The van der Waals surface area contributed by atoms with E-state index in [0.29, 0.717) is 24.6 Å². The quantitative estimate of drug-likeness (QED) is 0.804. The zero-order valence-electron chi connectivity index (χ0n) is 10.1. The monoisotopic (exact) mass is 236 g/mol. The van der Waals surface area contributed by atoms with Gasteiger partial charge in [-0.3, -0.25) is 4.79 Å². The number of hydrogen-bond donors (Lipinski definition) is 1. The first-order chi connectivity index (χ1) is 7.99. The second-order valence-corrected chi connectivity index (χ2v) is 4.81. The van der Waals surface area contributed by atoms with Crippen molar-refractivity contribution in [3.63, 3.8) is 0 Å². The van der Waals surface area contributed by atoms with Crippen LogP contribution in [0.1, 0.15) is 22.8 Å². The van der Waals surface area contributed by atoms with Crippen molar-refractivity contribution in [3.05, 3.63) is 35.1 Å². The van der Waals surface area contributed by atoms with Crippen LogP contribution < -0.4 is 5.73 Å². The van der Waals surface area contributed by atoms with Gasteiger partial charge >= 0.3 is 0 Å². The first kappa shape index (κ1) is 12.0. The average molecular weight is 236 g/mol. The lowest BCUT2D eigenvalue weighted by Gasteiger charge is -2.17. The standard InChI is InChI=1S/C13H17FN2O/c1-8-3-4-10(14)5-11(8)13(17)16-6-9(2)12(15)7-16/h3-5,9,12H,6-7,15H2,1-2H3. The summed E-state index contributed by atoms with van der Waals surface area (Å²) in [7, 11) is 0. The van der Waals surface area contributed by atoms with Crippen LogP contribution in [0.25, 0.3) is 0 Å². The number of rotatable bonds is 1. The molecular weight excluding hydrogens is 219 g/mol. The molecule has 2 unspecified atom stereocenters.